The Morgan fingerprint density at radius 1 is 1.55 bits per heavy atom. The molecule has 0 radical (unpaired) electrons. The molecule has 0 bridgehead atoms. The van der Waals surface area contributed by atoms with Gasteiger partial charge in [0.05, 0.1) is 31.9 Å². The van der Waals surface area contributed by atoms with Crippen LogP contribution in [0.3, 0.4) is 0 Å². The number of hydrogen-bond acceptors (Lipinski definition) is 7. The molecule has 0 spiro atoms. The van der Waals surface area contributed by atoms with Gasteiger partial charge in [0, 0.05) is 37.9 Å². The Morgan fingerprint density at radius 2 is 2.36 bits per heavy atom. The molecule has 2 aliphatic heterocycles. The van der Waals surface area contributed by atoms with Gasteiger partial charge in [-0.2, -0.15) is 21.9 Å². The van der Waals surface area contributed by atoms with Crippen LogP contribution in [0.25, 0.3) is 0 Å². The van der Waals surface area contributed by atoms with E-state index in [0.717, 1.165) is 15.3 Å². The van der Waals surface area contributed by atoms with E-state index in [2.05, 4.69) is 15.2 Å². The summed E-state index contributed by atoms with van der Waals surface area (Å²) in [7, 11) is -2.45. The van der Waals surface area contributed by atoms with Crippen LogP contribution in [-0.4, -0.2) is 60.8 Å². The van der Waals surface area contributed by atoms with Gasteiger partial charge in [-0.25, -0.2) is 0 Å². The van der Waals surface area contributed by atoms with Gasteiger partial charge in [-0.1, -0.05) is 0 Å². The average Bonchev–Trinajstić information content (AvgIpc) is 3.09. The maximum absolute atomic E-state index is 12.6. The van der Waals surface area contributed by atoms with Crippen molar-refractivity contribution < 1.29 is 22.7 Å². The second kappa shape index (κ2) is 5.95. The summed E-state index contributed by atoms with van der Waals surface area (Å²) < 4.78 is 37.6. The molecular weight excluding hydrogens is 312 g/mol. The second-order valence-corrected chi connectivity index (χ2v) is 7.00. The maximum atomic E-state index is 12.6. The normalized spacial score (nSPS) is 22.5. The number of carbonyl (C=O) groups excluding carboxylic acids is 1. The Morgan fingerprint density at radius 3 is 3.09 bits per heavy atom. The van der Waals surface area contributed by atoms with Crippen molar-refractivity contribution in [3.63, 3.8) is 0 Å². The molecule has 1 saturated heterocycles. The quantitative estimate of drug-likeness (QED) is 0.695. The molecule has 0 aromatic carbocycles. The monoisotopic (exact) mass is 330 g/mol. The fourth-order valence-corrected chi connectivity index (χ4v) is 3.92. The zero-order valence-corrected chi connectivity index (χ0v) is 13.0. The highest BCUT2D eigenvalue weighted by Gasteiger charge is 2.33. The van der Waals surface area contributed by atoms with Crippen LogP contribution in [0.5, 0.6) is 0 Å². The van der Waals surface area contributed by atoms with Gasteiger partial charge >= 0.3 is 16.2 Å². The first-order valence-corrected chi connectivity index (χ1v) is 8.37. The topological polar surface area (TPSA) is 103 Å². The van der Waals surface area contributed by atoms with Gasteiger partial charge in [-0.05, 0) is 0 Å². The fraction of sp³-hybridized carbons (Fsp3) is 0.667. The summed E-state index contributed by atoms with van der Waals surface area (Å²) in [6.07, 6.45) is 1.07. The van der Waals surface area contributed by atoms with Gasteiger partial charge in [0.25, 0.3) is 0 Å². The lowest BCUT2D eigenvalue weighted by molar-refractivity contribution is -0.145. The lowest BCUT2D eigenvalue weighted by Crippen LogP contribution is -2.48. The SMILES string of the molecule is COC(=O)CC1CN(S(=O)(=O)n2cc3c(n2)CNC3)CCO1. The van der Waals surface area contributed by atoms with Crippen molar-refractivity contribution in [1.82, 2.24) is 18.8 Å². The van der Waals surface area contributed by atoms with Gasteiger partial charge < -0.3 is 14.8 Å². The summed E-state index contributed by atoms with van der Waals surface area (Å²) in [6, 6.07) is 0. The average molecular weight is 330 g/mol. The molecule has 0 aliphatic carbocycles. The Labute approximate surface area is 128 Å². The predicted molar refractivity (Wildman–Crippen MR) is 75.0 cm³/mol. The molecular formula is C12H18N4O5S. The van der Waals surface area contributed by atoms with E-state index < -0.39 is 22.3 Å². The number of esters is 1. The molecule has 2 aliphatic rings. The molecule has 3 heterocycles. The molecule has 1 atom stereocenters. The minimum atomic E-state index is -3.74. The number of nitrogens with one attached hydrogen (secondary N) is 1. The van der Waals surface area contributed by atoms with E-state index >= 15 is 0 Å². The molecule has 0 amide bonds. The van der Waals surface area contributed by atoms with Crippen LogP contribution >= 0.6 is 0 Å². The number of ether oxygens (including phenoxy) is 2. The number of carbonyl (C=O) groups is 1. The van der Waals surface area contributed by atoms with Crippen molar-refractivity contribution in [2.45, 2.75) is 25.6 Å². The zero-order valence-electron chi connectivity index (χ0n) is 12.2. The van der Waals surface area contributed by atoms with Gasteiger partial charge in [0.1, 0.15) is 0 Å². The van der Waals surface area contributed by atoms with Crippen molar-refractivity contribution >= 4 is 16.2 Å². The molecule has 1 fully saturated rings. The number of fused-ring (bicyclic) bond motifs is 1. The van der Waals surface area contributed by atoms with Crippen molar-refractivity contribution in [2.24, 2.45) is 0 Å². The number of methoxy groups -OCH3 is 1. The summed E-state index contributed by atoms with van der Waals surface area (Å²) >= 11 is 0. The first-order valence-electron chi connectivity index (χ1n) is 6.98. The third kappa shape index (κ3) is 2.86. The Bertz CT molecular complexity index is 650. The van der Waals surface area contributed by atoms with E-state index in [0.29, 0.717) is 13.1 Å². The molecule has 1 unspecified atom stereocenters. The summed E-state index contributed by atoms with van der Waals surface area (Å²) in [4.78, 5) is 11.3. The van der Waals surface area contributed by atoms with Crippen LogP contribution in [0, 0.1) is 0 Å². The van der Waals surface area contributed by atoms with Crippen molar-refractivity contribution in [3.8, 4) is 0 Å². The fourth-order valence-electron chi connectivity index (χ4n) is 2.56. The van der Waals surface area contributed by atoms with E-state index in [4.69, 9.17) is 4.74 Å². The van der Waals surface area contributed by atoms with Crippen LogP contribution in [0.1, 0.15) is 17.7 Å². The molecule has 22 heavy (non-hydrogen) atoms. The van der Waals surface area contributed by atoms with Gasteiger partial charge in [-0.15, -0.1) is 0 Å². The molecule has 1 aromatic rings. The van der Waals surface area contributed by atoms with Gasteiger partial charge in [0.2, 0.25) is 0 Å². The highest BCUT2D eigenvalue weighted by molar-refractivity contribution is 7.87. The first-order chi connectivity index (χ1) is 10.5. The third-order valence-corrected chi connectivity index (χ3v) is 5.39. The number of aromatic nitrogens is 2. The molecule has 3 rings (SSSR count). The Kier molecular flexibility index (Phi) is 4.17. The summed E-state index contributed by atoms with van der Waals surface area (Å²) in [5.74, 6) is -0.423. The number of morpholine rings is 1. The lowest BCUT2D eigenvalue weighted by Gasteiger charge is -2.31. The van der Waals surface area contributed by atoms with E-state index in [-0.39, 0.29) is 26.1 Å². The standard InChI is InChI=1S/C12H18N4O5S/c1-20-12(17)4-10-8-15(2-3-21-10)22(18,19)16-7-9-5-13-6-11(9)14-16/h7,10,13H,2-6,8H2,1H3. The van der Waals surface area contributed by atoms with E-state index in [1.54, 1.807) is 0 Å². The van der Waals surface area contributed by atoms with Gasteiger partial charge in [0.15, 0.2) is 0 Å². The Hall–Kier alpha value is -1.49. The van der Waals surface area contributed by atoms with Crippen molar-refractivity contribution in [2.75, 3.05) is 26.8 Å². The van der Waals surface area contributed by atoms with Crippen LogP contribution in [-0.2, 0) is 37.6 Å². The lowest BCUT2D eigenvalue weighted by atomic mass is 10.2. The van der Waals surface area contributed by atoms with Gasteiger partial charge in [-0.3, -0.25) is 4.79 Å². The molecule has 0 saturated carbocycles. The molecule has 10 heteroatoms. The maximum Gasteiger partial charge on any atom is 0.323 e. The molecule has 1 aromatic heterocycles. The number of rotatable bonds is 4. The minimum absolute atomic E-state index is 0.0298. The smallest absolute Gasteiger partial charge is 0.323 e. The minimum Gasteiger partial charge on any atom is -0.469 e. The Balaban J connectivity index is 1.75. The van der Waals surface area contributed by atoms with Crippen LogP contribution in [0.4, 0.5) is 0 Å². The summed E-state index contributed by atoms with van der Waals surface area (Å²) in [5, 5.41) is 7.24. The number of hydrogen-bond donors (Lipinski definition) is 1. The largest absolute Gasteiger partial charge is 0.469 e. The molecule has 122 valence electrons. The summed E-state index contributed by atoms with van der Waals surface area (Å²) in [6.45, 7) is 1.79. The third-order valence-electron chi connectivity index (χ3n) is 3.75. The van der Waals surface area contributed by atoms with E-state index in [1.807, 2.05) is 0 Å². The first kappa shape index (κ1) is 15.4. The van der Waals surface area contributed by atoms with Crippen molar-refractivity contribution in [1.29, 1.82) is 0 Å². The second-order valence-electron chi connectivity index (χ2n) is 5.22. The van der Waals surface area contributed by atoms with Crippen LogP contribution in [0.15, 0.2) is 6.20 Å². The molecule has 1 N–H and O–H groups in total. The number of nitrogens with zero attached hydrogens (tertiary/aromatic N) is 3. The van der Waals surface area contributed by atoms with E-state index in [1.165, 1.54) is 17.6 Å². The summed E-state index contributed by atoms with van der Waals surface area (Å²) in [5.41, 5.74) is 1.64. The highest BCUT2D eigenvalue weighted by Crippen LogP contribution is 2.18. The van der Waals surface area contributed by atoms with Crippen LogP contribution < -0.4 is 5.32 Å². The highest BCUT2D eigenvalue weighted by atomic mass is 32.2. The zero-order chi connectivity index (χ0) is 15.7. The molecule has 9 nitrogen and oxygen atoms in total. The van der Waals surface area contributed by atoms with Crippen molar-refractivity contribution in [3.05, 3.63) is 17.5 Å². The van der Waals surface area contributed by atoms with Crippen LogP contribution in [0.2, 0.25) is 0 Å². The predicted octanol–water partition coefficient (Wildman–Crippen LogP) is -1.16. The van der Waals surface area contributed by atoms with E-state index in [9.17, 15) is 13.2 Å².